The first-order chi connectivity index (χ1) is 18.8. The smallest absolute Gasteiger partial charge is 0.261 e. The first-order valence-corrected chi connectivity index (χ1v) is 13.5. The Hall–Kier alpha value is -3.74. The number of hydrogen-bond acceptors (Lipinski definition) is 8. The lowest BCUT2D eigenvalue weighted by Crippen LogP contribution is -2.52. The molecule has 2 aromatic carbocycles. The molecule has 0 spiro atoms. The SMILES string of the molecule is CC(C(=O)N[C@@H](Cc1ccccc1)C(=O)NCCCCSO)C(CN1C(=O)c2ccccc2C1=O)C(=O)NO. The Balaban J connectivity index is 1.73. The van der Waals surface area contributed by atoms with Crippen LogP contribution in [0.3, 0.4) is 0 Å². The Bertz CT molecular complexity index is 1160. The monoisotopic (exact) mass is 556 g/mol. The maximum absolute atomic E-state index is 13.3. The van der Waals surface area contributed by atoms with E-state index >= 15 is 0 Å². The van der Waals surface area contributed by atoms with Crippen LogP contribution < -0.4 is 16.1 Å². The van der Waals surface area contributed by atoms with Gasteiger partial charge in [0, 0.05) is 31.2 Å². The molecular formula is C27H32N4O7S. The molecule has 3 rings (SSSR count). The molecule has 2 unspecified atom stereocenters. The van der Waals surface area contributed by atoms with Crippen LogP contribution in [0, 0.1) is 11.8 Å². The fourth-order valence-corrected chi connectivity index (χ4v) is 4.66. The number of amides is 5. The molecule has 39 heavy (non-hydrogen) atoms. The molecule has 5 amide bonds. The average Bonchev–Trinajstić information content (AvgIpc) is 3.19. The number of nitrogens with zero attached hydrogens (tertiary/aromatic N) is 1. The van der Waals surface area contributed by atoms with E-state index in [0.717, 1.165) is 22.5 Å². The van der Waals surface area contributed by atoms with Crippen LogP contribution in [0.25, 0.3) is 0 Å². The summed E-state index contributed by atoms with van der Waals surface area (Å²) < 4.78 is 8.84. The molecule has 0 aliphatic carbocycles. The van der Waals surface area contributed by atoms with Crippen LogP contribution in [-0.4, -0.2) is 69.1 Å². The second kappa shape index (κ2) is 14.4. The highest BCUT2D eigenvalue weighted by molar-refractivity contribution is 7.93. The Morgan fingerprint density at radius 3 is 2.10 bits per heavy atom. The second-order valence-electron chi connectivity index (χ2n) is 9.22. The van der Waals surface area contributed by atoms with Gasteiger partial charge in [-0.2, -0.15) is 0 Å². The molecule has 0 fully saturated rings. The number of rotatable bonds is 14. The van der Waals surface area contributed by atoms with Crippen molar-refractivity contribution in [2.75, 3.05) is 18.8 Å². The summed E-state index contributed by atoms with van der Waals surface area (Å²) in [6.07, 6.45) is 1.53. The lowest BCUT2D eigenvalue weighted by Gasteiger charge is -2.27. The molecule has 208 valence electrons. The topological polar surface area (TPSA) is 165 Å². The van der Waals surface area contributed by atoms with E-state index in [0.29, 0.717) is 25.1 Å². The third-order valence-corrected chi connectivity index (χ3v) is 7.07. The van der Waals surface area contributed by atoms with E-state index in [9.17, 15) is 29.2 Å². The van der Waals surface area contributed by atoms with E-state index in [1.807, 2.05) is 30.3 Å². The second-order valence-corrected chi connectivity index (χ2v) is 9.89. The van der Waals surface area contributed by atoms with Crippen molar-refractivity contribution in [2.45, 2.75) is 32.2 Å². The van der Waals surface area contributed by atoms with E-state index in [4.69, 9.17) is 4.55 Å². The van der Waals surface area contributed by atoms with E-state index < -0.39 is 54.0 Å². The predicted molar refractivity (Wildman–Crippen MR) is 144 cm³/mol. The molecule has 3 atom stereocenters. The molecule has 5 N–H and O–H groups in total. The Kier molecular flexibility index (Phi) is 11.0. The Morgan fingerprint density at radius 1 is 0.897 bits per heavy atom. The van der Waals surface area contributed by atoms with Gasteiger partial charge in [0.1, 0.15) is 6.04 Å². The zero-order chi connectivity index (χ0) is 28.4. The zero-order valence-electron chi connectivity index (χ0n) is 21.5. The van der Waals surface area contributed by atoms with Crippen LogP contribution in [-0.2, 0) is 20.8 Å². The quantitative estimate of drug-likeness (QED) is 0.0774. The molecule has 0 radical (unpaired) electrons. The van der Waals surface area contributed by atoms with Gasteiger partial charge in [-0.05, 0) is 42.6 Å². The maximum Gasteiger partial charge on any atom is 0.261 e. The zero-order valence-corrected chi connectivity index (χ0v) is 22.3. The van der Waals surface area contributed by atoms with Crippen molar-refractivity contribution >= 4 is 41.6 Å². The number of fused-ring (bicyclic) bond motifs is 1. The number of hydroxylamine groups is 1. The molecule has 1 aliphatic heterocycles. The largest absolute Gasteiger partial charge is 0.354 e. The van der Waals surface area contributed by atoms with Crippen LogP contribution in [0.4, 0.5) is 0 Å². The van der Waals surface area contributed by atoms with E-state index in [1.165, 1.54) is 24.5 Å². The predicted octanol–water partition coefficient (Wildman–Crippen LogP) is 1.87. The summed E-state index contributed by atoms with van der Waals surface area (Å²) >= 11 is 0.729. The van der Waals surface area contributed by atoms with Crippen molar-refractivity contribution in [3.8, 4) is 0 Å². The first kappa shape index (κ1) is 29.8. The van der Waals surface area contributed by atoms with Crippen molar-refractivity contribution in [3.63, 3.8) is 0 Å². The fraction of sp³-hybridized carbons (Fsp3) is 0.370. The normalized spacial score (nSPS) is 14.8. The standard InChI is InChI=1S/C27H32N4O7S/c1-17(21(24(33)30-37)16-31-26(35)19-11-5-6-12-20(19)27(31)36)23(32)29-22(15-18-9-3-2-4-10-18)25(34)28-13-7-8-14-39-38/h2-6,9-12,17,21-22,37-38H,7-8,13-16H2,1H3,(H,28,34)(H,29,32)(H,30,33)/t17?,21?,22-/m0/s1. The Labute approximate surface area is 230 Å². The van der Waals surface area contributed by atoms with Crippen molar-refractivity contribution in [2.24, 2.45) is 11.8 Å². The van der Waals surface area contributed by atoms with Gasteiger partial charge >= 0.3 is 0 Å². The molecular weight excluding hydrogens is 524 g/mol. The number of unbranched alkanes of at least 4 members (excludes halogenated alkanes) is 1. The summed E-state index contributed by atoms with van der Waals surface area (Å²) in [4.78, 5) is 65.4. The molecule has 0 saturated heterocycles. The summed E-state index contributed by atoms with van der Waals surface area (Å²) in [7, 11) is 0. The number of carbonyl (C=O) groups excluding carboxylic acids is 5. The minimum Gasteiger partial charge on any atom is -0.354 e. The molecule has 2 aromatic rings. The summed E-state index contributed by atoms with van der Waals surface area (Å²) in [6.45, 7) is 1.34. The van der Waals surface area contributed by atoms with Crippen LogP contribution in [0.5, 0.6) is 0 Å². The number of hydrogen-bond donors (Lipinski definition) is 5. The van der Waals surface area contributed by atoms with Gasteiger partial charge in [0.25, 0.3) is 11.8 Å². The highest BCUT2D eigenvalue weighted by Gasteiger charge is 2.41. The van der Waals surface area contributed by atoms with Crippen molar-refractivity contribution < 1.29 is 33.7 Å². The Morgan fingerprint density at radius 2 is 1.51 bits per heavy atom. The van der Waals surface area contributed by atoms with Gasteiger partial charge < -0.3 is 15.2 Å². The number of nitrogens with one attached hydrogen (secondary N) is 3. The van der Waals surface area contributed by atoms with E-state index in [2.05, 4.69) is 10.6 Å². The summed E-state index contributed by atoms with van der Waals surface area (Å²) in [5.41, 5.74) is 2.71. The summed E-state index contributed by atoms with van der Waals surface area (Å²) in [5, 5.41) is 14.8. The molecule has 1 heterocycles. The minimum atomic E-state index is -1.28. The van der Waals surface area contributed by atoms with Crippen molar-refractivity contribution in [1.29, 1.82) is 0 Å². The highest BCUT2D eigenvalue weighted by Crippen LogP contribution is 2.25. The third kappa shape index (κ3) is 7.65. The maximum atomic E-state index is 13.3. The van der Waals surface area contributed by atoms with Gasteiger partial charge in [0.15, 0.2) is 0 Å². The van der Waals surface area contributed by atoms with Gasteiger partial charge in [-0.3, -0.25) is 34.1 Å². The first-order valence-electron chi connectivity index (χ1n) is 12.6. The van der Waals surface area contributed by atoms with Gasteiger partial charge in [0.05, 0.1) is 17.0 Å². The van der Waals surface area contributed by atoms with E-state index in [1.54, 1.807) is 12.1 Å². The van der Waals surface area contributed by atoms with Crippen LogP contribution in [0.2, 0.25) is 0 Å². The molecule has 0 aromatic heterocycles. The molecule has 0 saturated carbocycles. The highest BCUT2D eigenvalue weighted by atomic mass is 32.2. The molecule has 0 bridgehead atoms. The average molecular weight is 557 g/mol. The lowest BCUT2D eigenvalue weighted by molar-refractivity contribution is -0.140. The number of imide groups is 1. The van der Waals surface area contributed by atoms with Crippen LogP contribution >= 0.6 is 12.0 Å². The van der Waals surface area contributed by atoms with Crippen molar-refractivity contribution in [3.05, 3.63) is 71.3 Å². The minimum absolute atomic E-state index is 0.187. The number of carbonyl (C=O) groups is 5. The van der Waals surface area contributed by atoms with Gasteiger partial charge in [-0.25, -0.2) is 5.48 Å². The summed E-state index contributed by atoms with van der Waals surface area (Å²) in [6, 6.07) is 14.4. The lowest BCUT2D eigenvalue weighted by atomic mass is 9.91. The van der Waals surface area contributed by atoms with Crippen LogP contribution in [0.15, 0.2) is 54.6 Å². The van der Waals surface area contributed by atoms with E-state index in [-0.39, 0.29) is 17.5 Å². The molecule has 12 heteroatoms. The number of benzene rings is 2. The molecule has 11 nitrogen and oxygen atoms in total. The van der Waals surface area contributed by atoms with Crippen molar-refractivity contribution in [1.82, 2.24) is 21.0 Å². The van der Waals surface area contributed by atoms with Gasteiger partial charge in [-0.15, -0.1) is 0 Å². The third-order valence-electron chi connectivity index (χ3n) is 6.60. The molecule has 1 aliphatic rings. The van der Waals surface area contributed by atoms with Crippen LogP contribution in [0.1, 0.15) is 46.0 Å². The van der Waals surface area contributed by atoms with Gasteiger partial charge in [0.2, 0.25) is 17.7 Å². The fourth-order valence-electron chi connectivity index (χ4n) is 4.32. The van der Waals surface area contributed by atoms with Gasteiger partial charge in [-0.1, -0.05) is 49.4 Å². The summed E-state index contributed by atoms with van der Waals surface area (Å²) in [5.74, 6) is -5.08.